The monoisotopic (exact) mass is 254 g/mol. The van der Waals surface area contributed by atoms with Crippen LogP contribution in [0.4, 0.5) is 0 Å². The van der Waals surface area contributed by atoms with Crippen molar-refractivity contribution in [2.24, 2.45) is 7.05 Å². The maximum absolute atomic E-state index is 5.86. The summed E-state index contributed by atoms with van der Waals surface area (Å²) in [7, 11) is 2.03. The molecule has 2 heterocycles. The van der Waals surface area contributed by atoms with Gasteiger partial charge in [0.25, 0.3) is 0 Å². The number of nitrogens with zero attached hydrogens (tertiary/aromatic N) is 1. The predicted molar refractivity (Wildman–Crippen MR) is 76.9 cm³/mol. The molecule has 2 aromatic heterocycles. The Labute approximate surface area is 112 Å². The number of para-hydroxylation sites is 1. The maximum atomic E-state index is 5.86. The van der Waals surface area contributed by atoms with Crippen molar-refractivity contribution < 1.29 is 4.42 Å². The van der Waals surface area contributed by atoms with Gasteiger partial charge in [0.15, 0.2) is 0 Å². The van der Waals surface area contributed by atoms with E-state index in [1.54, 1.807) is 0 Å². The van der Waals surface area contributed by atoms with Gasteiger partial charge in [-0.05, 0) is 30.7 Å². The molecule has 0 saturated carbocycles. The molecule has 1 aromatic carbocycles. The number of aryl methyl sites for hydroxylation is 1. The third-order valence-electron chi connectivity index (χ3n) is 3.38. The van der Waals surface area contributed by atoms with Crippen molar-refractivity contribution in [2.45, 2.75) is 19.5 Å². The van der Waals surface area contributed by atoms with Gasteiger partial charge in [-0.25, -0.2) is 0 Å². The first kappa shape index (κ1) is 12.1. The molecule has 0 aliphatic heterocycles. The number of fused-ring (bicyclic) bond motifs is 1. The van der Waals surface area contributed by atoms with Crippen molar-refractivity contribution in [1.29, 1.82) is 0 Å². The first-order valence-corrected chi connectivity index (χ1v) is 6.55. The highest BCUT2D eigenvalue weighted by Crippen LogP contribution is 2.23. The highest BCUT2D eigenvalue weighted by Gasteiger charge is 2.10. The summed E-state index contributed by atoms with van der Waals surface area (Å²) in [5, 5.41) is 4.64. The van der Waals surface area contributed by atoms with Gasteiger partial charge in [-0.3, -0.25) is 0 Å². The van der Waals surface area contributed by atoms with Gasteiger partial charge < -0.3 is 14.3 Å². The zero-order valence-electron chi connectivity index (χ0n) is 11.3. The summed E-state index contributed by atoms with van der Waals surface area (Å²) in [5.74, 6) is 0.983. The number of hydrogen-bond acceptors (Lipinski definition) is 2. The SMILES string of the molecule is CC(NCc1ccn(C)c1)c1cc2ccccc2o1. The Morgan fingerprint density at radius 1 is 1.26 bits per heavy atom. The quantitative estimate of drug-likeness (QED) is 0.770. The Kier molecular flexibility index (Phi) is 3.13. The van der Waals surface area contributed by atoms with Crippen LogP contribution in [-0.2, 0) is 13.6 Å². The number of benzene rings is 1. The molecule has 0 fully saturated rings. The lowest BCUT2D eigenvalue weighted by Gasteiger charge is -2.10. The molecule has 1 N–H and O–H groups in total. The van der Waals surface area contributed by atoms with E-state index in [9.17, 15) is 0 Å². The Hall–Kier alpha value is -2.00. The fourth-order valence-corrected chi connectivity index (χ4v) is 2.25. The van der Waals surface area contributed by atoms with Crippen molar-refractivity contribution in [1.82, 2.24) is 9.88 Å². The van der Waals surface area contributed by atoms with Gasteiger partial charge in [0.2, 0.25) is 0 Å². The standard InChI is InChI=1S/C16H18N2O/c1-12(17-10-13-7-8-18(2)11-13)16-9-14-5-3-4-6-15(14)19-16/h3-9,11-12,17H,10H2,1-2H3. The average molecular weight is 254 g/mol. The van der Waals surface area contributed by atoms with Crippen LogP contribution in [0.2, 0.25) is 0 Å². The van der Waals surface area contributed by atoms with Gasteiger partial charge in [0.05, 0.1) is 6.04 Å². The zero-order chi connectivity index (χ0) is 13.2. The smallest absolute Gasteiger partial charge is 0.134 e. The molecule has 3 aromatic rings. The minimum atomic E-state index is 0.201. The van der Waals surface area contributed by atoms with Crippen LogP contribution >= 0.6 is 0 Å². The van der Waals surface area contributed by atoms with E-state index in [2.05, 4.69) is 47.4 Å². The Morgan fingerprint density at radius 2 is 2.11 bits per heavy atom. The zero-order valence-corrected chi connectivity index (χ0v) is 11.3. The third kappa shape index (κ3) is 2.56. The van der Waals surface area contributed by atoms with Gasteiger partial charge in [-0.2, -0.15) is 0 Å². The van der Waals surface area contributed by atoms with E-state index in [4.69, 9.17) is 4.42 Å². The van der Waals surface area contributed by atoms with Crippen LogP contribution in [0.15, 0.2) is 53.2 Å². The highest BCUT2D eigenvalue weighted by atomic mass is 16.3. The lowest BCUT2D eigenvalue weighted by molar-refractivity contribution is 0.451. The molecule has 98 valence electrons. The fraction of sp³-hybridized carbons (Fsp3) is 0.250. The van der Waals surface area contributed by atoms with Crippen molar-refractivity contribution >= 4 is 11.0 Å². The molecule has 19 heavy (non-hydrogen) atoms. The number of rotatable bonds is 4. The molecule has 0 bridgehead atoms. The second-order valence-electron chi connectivity index (χ2n) is 4.97. The van der Waals surface area contributed by atoms with E-state index in [0.717, 1.165) is 23.3 Å². The van der Waals surface area contributed by atoms with Crippen molar-refractivity contribution in [3.63, 3.8) is 0 Å². The summed E-state index contributed by atoms with van der Waals surface area (Å²) in [4.78, 5) is 0. The van der Waals surface area contributed by atoms with Gasteiger partial charge in [-0.1, -0.05) is 18.2 Å². The van der Waals surface area contributed by atoms with E-state index in [1.807, 2.05) is 25.2 Å². The summed E-state index contributed by atoms with van der Waals surface area (Å²) in [6.07, 6.45) is 4.18. The van der Waals surface area contributed by atoms with Crippen LogP contribution in [0.25, 0.3) is 11.0 Å². The number of nitrogens with one attached hydrogen (secondary N) is 1. The molecular formula is C16H18N2O. The van der Waals surface area contributed by atoms with E-state index >= 15 is 0 Å². The lowest BCUT2D eigenvalue weighted by atomic mass is 10.2. The van der Waals surface area contributed by atoms with E-state index in [0.29, 0.717) is 0 Å². The molecular weight excluding hydrogens is 236 g/mol. The molecule has 0 radical (unpaired) electrons. The summed E-state index contributed by atoms with van der Waals surface area (Å²) >= 11 is 0. The molecule has 0 aliphatic rings. The van der Waals surface area contributed by atoms with Crippen LogP contribution in [0.5, 0.6) is 0 Å². The van der Waals surface area contributed by atoms with E-state index in [1.165, 1.54) is 5.56 Å². The molecule has 0 spiro atoms. The van der Waals surface area contributed by atoms with Crippen molar-refractivity contribution in [3.05, 3.63) is 60.1 Å². The highest BCUT2D eigenvalue weighted by molar-refractivity contribution is 5.77. The average Bonchev–Trinajstić information content (AvgIpc) is 3.01. The topological polar surface area (TPSA) is 30.1 Å². The van der Waals surface area contributed by atoms with Crippen molar-refractivity contribution in [2.75, 3.05) is 0 Å². The number of hydrogen-bond donors (Lipinski definition) is 1. The minimum Gasteiger partial charge on any atom is -0.459 e. The van der Waals surface area contributed by atoms with Gasteiger partial charge in [0.1, 0.15) is 11.3 Å². The van der Waals surface area contributed by atoms with E-state index in [-0.39, 0.29) is 6.04 Å². The predicted octanol–water partition coefficient (Wildman–Crippen LogP) is 3.62. The van der Waals surface area contributed by atoms with E-state index < -0.39 is 0 Å². The molecule has 3 rings (SSSR count). The van der Waals surface area contributed by atoms with Crippen molar-refractivity contribution in [3.8, 4) is 0 Å². The summed E-state index contributed by atoms with van der Waals surface area (Å²) < 4.78 is 7.91. The molecule has 3 nitrogen and oxygen atoms in total. The van der Waals surface area contributed by atoms with Gasteiger partial charge >= 0.3 is 0 Å². The number of aromatic nitrogens is 1. The molecule has 0 saturated heterocycles. The number of furan rings is 1. The minimum absolute atomic E-state index is 0.201. The molecule has 1 atom stereocenters. The Morgan fingerprint density at radius 3 is 2.84 bits per heavy atom. The molecule has 3 heteroatoms. The first-order chi connectivity index (χ1) is 9.22. The van der Waals surface area contributed by atoms with Gasteiger partial charge in [-0.15, -0.1) is 0 Å². The second kappa shape index (κ2) is 4.94. The van der Waals surface area contributed by atoms with Crippen LogP contribution in [-0.4, -0.2) is 4.57 Å². The van der Waals surface area contributed by atoms with Gasteiger partial charge in [0, 0.05) is 31.4 Å². The fourth-order valence-electron chi connectivity index (χ4n) is 2.25. The van der Waals surface area contributed by atoms with Crippen LogP contribution in [0.3, 0.4) is 0 Å². The lowest BCUT2D eigenvalue weighted by Crippen LogP contribution is -2.17. The molecule has 0 amide bonds. The summed E-state index contributed by atoms with van der Waals surface area (Å²) in [6.45, 7) is 2.97. The summed E-state index contributed by atoms with van der Waals surface area (Å²) in [5.41, 5.74) is 2.23. The first-order valence-electron chi connectivity index (χ1n) is 6.55. The summed E-state index contributed by atoms with van der Waals surface area (Å²) in [6, 6.07) is 12.5. The van der Waals surface area contributed by atoms with Crippen LogP contribution in [0, 0.1) is 0 Å². The maximum Gasteiger partial charge on any atom is 0.134 e. The Balaban J connectivity index is 1.71. The largest absolute Gasteiger partial charge is 0.459 e. The van der Waals surface area contributed by atoms with Crippen LogP contribution < -0.4 is 5.32 Å². The normalized spacial score (nSPS) is 12.9. The molecule has 0 aliphatic carbocycles. The second-order valence-corrected chi connectivity index (χ2v) is 4.97. The third-order valence-corrected chi connectivity index (χ3v) is 3.38. The Bertz CT molecular complexity index is 648. The van der Waals surface area contributed by atoms with Crippen LogP contribution in [0.1, 0.15) is 24.3 Å². The molecule has 1 unspecified atom stereocenters.